The average molecular weight is 669 g/mol. The van der Waals surface area contributed by atoms with Crippen molar-refractivity contribution in [1.29, 1.82) is 0 Å². The molecule has 43 heavy (non-hydrogen) atoms. The van der Waals surface area contributed by atoms with Crippen LogP contribution in [-0.2, 0) is 29.0 Å². The second-order valence-electron chi connectivity index (χ2n) is 12.0. The number of aromatic nitrogens is 3. The van der Waals surface area contributed by atoms with Crippen molar-refractivity contribution < 1.29 is 9.59 Å². The monoisotopic (exact) mass is 667 g/mol. The lowest BCUT2D eigenvalue weighted by molar-refractivity contribution is -0.145. The van der Waals surface area contributed by atoms with Crippen molar-refractivity contribution in [1.82, 2.24) is 35.0 Å². The Kier molecular flexibility index (Phi) is 9.47. The van der Waals surface area contributed by atoms with E-state index in [1.807, 2.05) is 34.9 Å². The van der Waals surface area contributed by atoms with E-state index in [1.165, 1.54) is 16.7 Å². The van der Waals surface area contributed by atoms with Crippen LogP contribution >= 0.6 is 27.5 Å². The number of imidazole rings is 1. The third kappa shape index (κ3) is 6.82. The Labute approximate surface area is 266 Å². The maximum atomic E-state index is 13.9. The van der Waals surface area contributed by atoms with Gasteiger partial charge in [0, 0.05) is 66.7 Å². The molecule has 3 aromatic rings. The molecule has 0 saturated carbocycles. The number of carbonyl (C=O) groups excluding carboxylic acids is 2. The summed E-state index contributed by atoms with van der Waals surface area (Å²) in [5.74, 6) is 0.315. The summed E-state index contributed by atoms with van der Waals surface area (Å²) in [6.07, 6.45) is 9.64. The second-order valence-corrected chi connectivity index (χ2v) is 13.3. The molecule has 2 saturated heterocycles. The van der Waals surface area contributed by atoms with Gasteiger partial charge in [-0.1, -0.05) is 17.7 Å². The van der Waals surface area contributed by atoms with Crippen LogP contribution in [0.1, 0.15) is 53.4 Å². The number of nitrogens with zero attached hydrogens (tertiary/aromatic N) is 5. The predicted molar refractivity (Wildman–Crippen MR) is 170 cm³/mol. The summed E-state index contributed by atoms with van der Waals surface area (Å²) in [5, 5.41) is 7.24. The van der Waals surface area contributed by atoms with Crippen LogP contribution in [0.15, 0.2) is 47.5 Å². The number of hydrogen-bond donors (Lipinski definition) is 2. The third-order valence-electron chi connectivity index (χ3n) is 9.18. The number of hydrogen-bond acceptors (Lipinski definition) is 6. The molecule has 2 aromatic heterocycles. The van der Waals surface area contributed by atoms with E-state index >= 15 is 0 Å². The minimum absolute atomic E-state index is 0.0765. The highest BCUT2D eigenvalue weighted by Crippen LogP contribution is 2.38. The molecule has 4 heterocycles. The van der Waals surface area contributed by atoms with Crippen molar-refractivity contribution in [3.63, 3.8) is 0 Å². The van der Waals surface area contributed by atoms with Crippen LogP contribution < -0.4 is 10.6 Å². The van der Waals surface area contributed by atoms with Gasteiger partial charge in [0.1, 0.15) is 6.04 Å². The number of piperazine rings is 1. The Morgan fingerprint density at radius 3 is 2.72 bits per heavy atom. The van der Waals surface area contributed by atoms with Crippen molar-refractivity contribution in [2.24, 2.45) is 5.92 Å². The topological polar surface area (TPSA) is 95.4 Å². The number of piperidine rings is 1. The van der Waals surface area contributed by atoms with Crippen molar-refractivity contribution in [3.8, 4) is 0 Å². The summed E-state index contributed by atoms with van der Waals surface area (Å²) in [7, 11) is 0. The summed E-state index contributed by atoms with van der Waals surface area (Å²) >= 11 is 10.1. The number of rotatable bonds is 7. The first-order valence-corrected chi connectivity index (χ1v) is 16.5. The quantitative estimate of drug-likeness (QED) is 0.397. The molecule has 2 aliphatic heterocycles. The van der Waals surface area contributed by atoms with Gasteiger partial charge in [0.2, 0.25) is 11.8 Å². The minimum Gasteiger partial charge on any atom is -0.352 e. The van der Waals surface area contributed by atoms with E-state index in [0.29, 0.717) is 45.1 Å². The minimum atomic E-state index is -0.593. The molecule has 11 heteroatoms. The standard InChI is InChI=1S/C32H39BrClN7O2/c1-21-17-36-20-40(21)11-10-37-32(43)28-19-39(12-13-41(28)29(42)14-22-6-8-35-9-7-22)31-27-5-4-26(34)16-23(27)2-3-24-15-25(33)18-38-30(24)31/h4-5,15-18,20,22,28,31,35H,2-3,6-14,19H2,1H3,(H,37,43)/t28-,31?/m1/s1. The molecule has 2 N–H and O–H groups in total. The molecular weight excluding hydrogens is 630 g/mol. The molecule has 228 valence electrons. The molecule has 9 nitrogen and oxygen atoms in total. The van der Waals surface area contributed by atoms with Crippen molar-refractivity contribution >= 4 is 39.3 Å². The Balaban J connectivity index is 1.28. The highest BCUT2D eigenvalue weighted by Gasteiger charge is 2.40. The van der Waals surface area contributed by atoms with Crippen molar-refractivity contribution in [2.75, 3.05) is 39.3 Å². The molecule has 2 amide bonds. The van der Waals surface area contributed by atoms with Gasteiger partial charge in [0.15, 0.2) is 0 Å². The zero-order valence-corrected chi connectivity index (χ0v) is 26.9. The van der Waals surface area contributed by atoms with Gasteiger partial charge >= 0.3 is 0 Å². The van der Waals surface area contributed by atoms with Gasteiger partial charge in [0.25, 0.3) is 0 Å². The Morgan fingerprint density at radius 2 is 1.93 bits per heavy atom. The molecule has 0 spiro atoms. The van der Waals surface area contributed by atoms with Gasteiger partial charge in [-0.05, 0) is 102 Å². The van der Waals surface area contributed by atoms with Crippen LogP contribution in [0, 0.1) is 12.8 Å². The van der Waals surface area contributed by atoms with Gasteiger partial charge in [-0.15, -0.1) is 0 Å². The molecule has 0 bridgehead atoms. The number of halogens is 2. The van der Waals surface area contributed by atoms with Gasteiger partial charge < -0.3 is 20.1 Å². The van der Waals surface area contributed by atoms with E-state index in [2.05, 4.69) is 54.6 Å². The van der Waals surface area contributed by atoms with E-state index < -0.39 is 6.04 Å². The number of benzene rings is 1. The number of carbonyl (C=O) groups is 2. The fraction of sp³-hybridized carbons (Fsp3) is 0.500. The third-order valence-corrected chi connectivity index (χ3v) is 9.85. The first kappa shape index (κ1) is 30.2. The van der Waals surface area contributed by atoms with Crippen molar-refractivity contribution in [2.45, 2.75) is 57.7 Å². The van der Waals surface area contributed by atoms with Gasteiger partial charge in [-0.2, -0.15) is 0 Å². The van der Waals surface area contributed by atoms with E-state index in [1.54, 1.807) is 6.33 Å². The second kappa shape index (κ2) is 13.5. The molecule has 6 rings (SSSR count). The van der Waals surface area contributed by atoms with E-state index in [0.717, 1.165) is 59.7 Å². The number of fused-ring (bicyclic) bond motifs is 2. The first-order chi connectivity index (χ1) is 20.9. The number of nitrogens with one attached hydrogen (secondary N) is 2. The smallest absolute Gasteiger partial charge is 0.244 e. The SMILES string of the molecule is Cc1cncn1CCNC(=O)[C@H]1CN(C2c3ccc(Cl)cc3CCc3cc(Br)cnc32)CCN1C(=O)CC1CCNCC1. The zero-order valence-electron chi connectivity index (χ0n) is 24.6. The van der Waals surface area contributed by atoms with E-state index in [-0.39, 0.29) is 17.9 Å². The molecule has 1 unspecified atom stereocenters. The molecule has 3 aliphatic rings. The highest BCUT2D eigenvalue weighted by molar-refractivity contribution is 9.10. The number of aryl methyl sites for hydroxylation is 3. The van der Waals surface area contributed by atoms with Crippen LogP contribution in [0.5, 0.6) is 0 Å². The molecular formula is C32H39BrClN7O2. The van der Waals surface area contributed by atoms with Crippen LogP contribution in [0.3, 0.4) is 0 Å². The van der Waals surface area contributed by atoms with Gasteiger partial charge in [0.05, 0.1) is 18.1 Å². The number of pyridine rings is 1. The number of amides is 2. The fourth-order valence-electron chi connectivity index (χ4n) is 6.83. The molecule has 1 aromatic carbocycles. The lowest BCUT2D eigenvalue weighted by atomic mass is 9.92. The van der Waals surface area contributed by atoms with Gasteiger partial charge in [-0.25, -0.2) is 4.98 Å². The molecule has 1 aliphatic carbocycles. The average Bonchev–Trinajstić information content (AvgIpc) is 3.35. The predicted octanol–water partition coefficient (Wildman–Crippen LogP) is 3.91. The van der Waals surface area contributed by atoms with Crippen LogP contribution in [-0.4, -0.2) is 81.5 Å². The zero-order chi connectivity index (χ0) is 29.9. The largest absolute Gasteiger partial charge is 0.352 e. The molecule has 0 radical (unpaired) electrons. The Morgan fingerprint density at radius 1 is 1.12 bits per heavy atom. The summed E-state index contributed by atoms with van der Waals surface area (Å²) in [5.41, 5.74) is 5.61. The van der Waals surface area contributed by atoms with Crippen molar-refractivity contribution in [3.05, 3.63) is 80.6 Å². The molecule has 2 fully saturated rings. The maximum Gasteiger partial charge on any atom is 0.244 e. The lowest BCUT2D eigenvalue weighted by Crippen LogP contribution is -2.61. The normalized spacial score (nSPS) is 21.1. The van der Waals surface area contributed by atoms with Gasteiger partial charge in [-0.3, -0.25) is 19.5 Å². The summed E-state index contributed by atoms with van der Waals surface area (Å²) < 4.78 is 2.97. The summed E-state index contributed by atoms with van der Waals surface area (Å²) in [6.45, 7) is 6.54. The molecule has 2 atom stereocenters. The first-order valence-electron chi connectivity index (χ1n) is 15.3. The highest BCUT2D eigenvalue weighted by atomic mass is 79.9. The van der Waals surface area contributed by atoms with E-state index in [9.17, 15) is 9.59 Å². The van der Waals surface area contributed by atoms with Crippen LogP contribution in [0.25, 0.3) is 0 Å². The Hall–Kier alpha value is -2.79. The lowest BCUT2D eigenvalue weighted by Gasteiger charge is -2.44. The fourth-order valence-corrected chi connectivity index (χ4v) is 7.41. The summed E-state index contributed by atoms with van der Waals surface area (Å²) in [6, 6.07) is 7.54. The maximum absolute atomic E-state index is 13.9. The Bertz CT molecular complexity index is 1420. The van der Waals surface area contributed by atoms with E-state index in [4.69, 9.17) is 16.6 Å². The van der Waals surface area contributed by atoms with Crippen LogP contribution in [0.4, 0.5) is 0 Å². The van der Waals surface area contributed by atoms with Crippen LogP contribution in [0.2, 0.25) is 5.02 Å². The summed E-state index contributed by atoms with van der Waals surface area (Å²) in [4.78, 5) is 40.9.